The Balaban J connectivity index is 1.88. The molecule has 2 N–H and O–H groups in total. The molecule has 0 saturated carbocycles. The molecule has 6 heteroatoms. The molecule has 3 aromatic rings. The Morgan fingerprint density at radius 2 is 1.64 bits per heavy atom. The molecule has 28 heavy (non-hydrogen) atoms. The van der Waals surface area contributed by atoms with Crippen molar-refractivity contribution >= 4 is 29.4 Å². The summed E-state index contributed by atoms with van der Waals surface area (Å²) in [5.74, 6) is 0.325. The number of hydrogen-bond donors (Lipinski definition) is 3. The van der Waals surface area contributed by atoms with Crippen molar-refractivity contribution in [3.63, 3.8) is 0 Å². The third-order valence-corrected chi connectivity index (χ3v) is 4.69. The van der Waals surface area contributed by atoms with Gasteiger partial charge >= 0.3 is 5.97 Å². The molecule has 0 saturated heterocycles. The van der Waals surface area contributed by atoms with Gasteiger partial charge < -0.3 is 19.7 Å². The maximum Gasteiger partial charge on any atom is 0.315 e. The number of aliphatic hydroxyl groups excluding tert-OH is 1. The van der Waals surface area contributed by atoms with Crippen molar-refractivity contribution in [3.8, 4) is 11.5 Å². The molecule has 0 bridgehead atoms. The van der Waals surface area contributed by atoms with E-state index in [1.165, 1.54) is 0 Å². The molecule has 0 spiro atoms. The molecule has 0 aliphatic heterocycles. The topological polar surface area (TPSA) is 76.0 Å². The van der Waals surface area contributed by atoms with Gasteiger partial charge in [0.15, 0.2) is 0 Å². The fourth-order valence-corrected chi connectivity index (χ4v) is 3.15. The van der Waals surface area contributed by atoms with E-state index in [9.17, 15) is 15.0 Å². The van der Waals surface area contributed by atoms with Gasteiger partial charge in [-0.25, -0.2) is 0 Å². The van der Waals surface area contributed by atoms with E-state index in [0.717, 1.165) is 5.39 Å². The first-order valence-electron chi connectivity index (χ1n) is 8.97. The largest absolute Gasteiger partial charge is 0.507 e. The van der Waals surface area contributed by atoms with E-state index < -0.39 is 18.2 Å². The minimum Gasteiger partial charge on any atom is -0.507 e. The third kappa shape index (κ3) is 4.77. The van der Waals surface area contributed by atoms with Crippen molar-refractivity contribution in [2.75, 3.05) is 12.4 Å². The number of phenols is 1. The summed E-state index contributed by atoms with van der Waals surface area (Å²) in [6.07, 6.45) is -1.34. The van der Waals surface area contributed by atoms with Gasteiger partial charge in [0.2, 0.25) is 0 Å². The number of esters is 1. The normalized spacial score (nSPS) is 13.1. The quantitative estimate of drug-likeness (QED) is 0.396. The minimum absolute atomic E-state index is 0.00460. The second-order valence-electron chi connectivity index (χ2n) is 6.30. The average Bonchev–Trinajstić information content (AvgIpc) is 2.73. The third-order valence-electron chi connectivity index (χ3n) is 4.43. The average molecular weight is 398 g/mol. The highest BCUT2D eigenvalue weighted by Crippen LogP contribution is 2.33. The number of aromatic hydroxyl groups is 1. The van der Waals surface area contributed by atoms with Crippen LogP contribution < -0.4 is 4.74 Å². The minimum atomic E-state index is -0.986. The lowest BCUT2D eigenvalue weighted by Gasteiger charge is -2.25. The van der Waals surface area contributed by atoms with Crippen molar-refractivity contribution in [3.05, 3.63) is 72.3 Å². The highest BCUT2D eigenvalue weighted by Gasteiger charge is 2.25. The second kappa shape index (κ2) is 9.48. The number of thiol groups is 1. The van der Waals surface area contributed by atoms with Crippen molar-refractivity contribution in [2.45, 2.75) is 18.6 Å². The van der Waals surface area contributed by atoms with Crippen LogP contribution in [0.15, 0.2) is 66.7 Å². The summed E-state index contributed by atoms with van der Waals surface area (Å²) in [6, 6.07) is 19.7. The fraction of sp³-hybridized carbons (Fsp3) is 0.227. The van der Waals surface area contributed by atoms with Crippen LogP contribution in [0.5, 0.6) is 11.5 Å². The van der Waals surface area contributed by atoms with Crippen LogP contribution >= 0.6 is 12.6 Å². The van der Waals surface area contributed by atoms with E-state index in [2.05, 4.69) is 12.6 Å². The van der Waals surface area contributed by atoms with Crippen molar-refractivity contribution in [1.82, 2.24) is 0 Å². The summed E-state index contributed by atoms with van der Waals surface area (Å²) in [6.45, 7) is 0.101. The Bertz CT molecular complexity index is 929. The Kier molecular flexibility index (Phi) is 6.79. The standard InChI is InChI=1S/C22H22O5S/c23-19-11-10-18(16-8-4-5-9-17(16)19)22(25)20(12-13-26-21(24)14-28)27-15-6-2-1-3-7-15/h1-11,20,22-23,25,28H,12-14H2/t20-,22-/m0/s1. The first-order chi connectivity index (χ1) is 13.6. The number of hydrogen-bond acceptors (Lipinski definition) is 6. The van der Waals surface area contributed by atoms with Crippen LogP contribution in [-0.2, 0) is 9.53 Å². The lowest BCUT2D eigenvalue weighted by molar-refractivity contribution is -0.141. The Hall–Kier alpha value is -2.70. The molecule has 0 aromatic heterocycles. The molecule has 0 aliphatic rings. The van der Waals surface area contributed by atoms with Crippen molar-refractivity contribution in [1.29, 1.82) is 0 Å². The van der Waals surface area contributed by atoms with Crippen LogP contribution in [0, 0.1) is 0 Å². The number of rotatable bonds is 8. The number of aliphatic hydroxyl groups is 1. The van der Waals surface area contributed by atoms with Gasteiger partial charge in [0.25, 0.3) is 0 Å². The number of carbonyl (C=O) groups is 1. The Labute approximate surface area is 168 Å². The number of carbonyl (C=O) groups excluding carboxylic acids is 1. The fourth-order valence-electron chi connectivity index (χ4n) is 3.05. The molecule has 0 unspecified atom stereocenters. The molecular formula is C22H22O5S. The highest BCUT2D eigenvalue weighted by atomic mass is 32.1. The van der Waals surface area contributed by atoms with Gasteiger partial charge in [0.05, 0.1) is 12.4 Å². The zero-order valence-electron chi connectivity index (χ0n) is 15.2. The van der Waals surface area contributed by atoms with Gasteiger partial charge in [-0.15, -0.1) is 0 Å². The van der Waals surface area contributed by atoms with Gasteiger partial charge in [-0.3, -0.25) is 4.79 Å². The van der Waals surface area contributed by atoms with Crippen LogP contribution in [0.2, 0.25) is 0 Å². The second-order valence-corrected chi connectivity index (χ2v) is 6.62. The number of phenolic OH excluding ortho intramolecular Hbond substituents is 1. The van der Waals surface area contributed by atoms with E-state index in [-0.39, 0.29) is 18.1 Å². The molecule has 0 radical (unpaired) electrons. The number of benzene rings is 3. The van der Waals surface area contributed by atoms with E-state index in [1.807, 2.05) is 36.4 Å². The number of ether oxygens (including phenoxy) is 2. The van der Waals surface area contributed by atoms with Crippen LogP contribution in [0.25, 0.3) is 10.8 Å². The number of fused-ring (bicyclic) bond motifs is 1. The van der Waals surface area contributed by atoms with E-state index >= 15 is 0 Å². The Morgan fingerprint density at radius 1 is 0.964 bits per heavy atom. The molecule has 0 aliphatic carbocycles. The smallest absolute Gasteiger partial charge is 0.315 e. The van der Waals surface area contributed by atoms with Crippen LogP contribution in [0.4, 0.5) is 0 Å². The summed E-state index contributed by atoms with van der Waals surface area (Å²) < 4.78 is 11.1. The molecule has 3 aromatic carbocycles. The van der Waals surface area contributed by atoms with E-state index in [1.54, 1.807) is 30.3 Å². The maximum absolute atomic E-state index is 11.4. The zero-order valence-corrected chi connectivity index (χ0v) is 16.1. The molecule has 0 fully saturated rings. The first kappa shape index (κ1) is 20.0. The van der Waals surface area contributed by atoms with E-state index in [0.29, 0.717) is 23.1 Å². The summed E-state index contributed by atoms with van der Waals surface area (Å²) in [5, 5.41) is 22.6. The van der Waals surface area contributed by atoms with Crippen LogP contribution in [-0.4, -0.2) is 34.6 Å². The Morgan fingerprint density at radius 3 is 2.36 bits per heavy atom. The van der Waals surface area contributed by atoms with Gasteiger partial charge in [-0.2, -0.15) is 12.6 Å². The van der Waals surface area contributed by atoms with Gasteiger partial charge in [0.1, 0.15) is 23.7 Å². The summed E-state index contributed by atoms with van der Waals surface area (Å²) in [4.78, 5) is 11.4. The van der Waals surface area contributed by atoms with Crippen molar-refractivity contribution in [2.24, 2.45) is 0 Å². The van der Waals surface area contributed by atoms with E-state index in [4.69, 9.17) is 9.47 Å². The lowest BCUT2D eigenvalue weighted by atomic mass is 9.95. The predicted octanol–water partition coefficient (Wildman–Crippen LogP) is 3.89. The molecule has 146 valence electrons. The lowest BCUT2D eigenvalue weighted by Crippen LogP contribution is -2.28. The molecule has 5 nitrogen and oxygen atoms in total. The zero-order chi connectivity index (χ0) is 19.9. The molecule has 0 amide bonds. The summed E-state index contributed by atoms with van der Waals surface area (Å²) in [5.41, 5.74) is 0.634. The molecule has 2 atom stereocenters. The SMILES string of the molecule is O=C(CS)OCC[C@H](Oc1ccccc1)[C@@H](O)c1ccc(O)c2ccccc12. The van der Waals surface area contributed by atoms with Gasteiger partial charge in [-0.1, -0.05) is 48.5 Å². The van der Waals surface area contributed by atoms with Crippen molar-refractivity contribution < 1.29 is 24.5 Å². The molecule has 0 heterocycles. The maximum atomic E-state index is 11.4. The predicted molar refractivity (Wildman–Crippen MR) is 111 cm³/mol. The van der Waals surface area contributed by atoms with Crippen LogP contribution in [0.3, 0.4) is 0 Å². The molecular weight excluding hydrogens is 376 g/mol. The van der Waals surface area contributed by atoms with Gasteiger partial charge in [-0.05, 0) is 29.1 Å². The van der Waals surface area contributed by atoms with Crippen LogP contribution in [0.1, 0.15) is 18.1 Å². The molecule has 3 rings (SSSR count). The highest BCUT2D eigenvalue weighted by molar-refractivity contribution is 7.81. The summed E-state index contributed by atoms with van der Waals surface area (Å²) in [7, 11) is 0. The number of para-hydroxylation sites is 1. The monoisotopic (exact) mass is 398 g/mol. The van der Waals surface area contributed by atoms with Gasteiger partial charge in [0, 0.05) is 11.8 Å². The first-order valence-corrected chi connectivity index (χ1v) is 9.60. The summed E-state index contributed by atoms with van der Waals surface area (Å²) >= 11 is 3.89.